The van der Waals surface area contributed by atoms with E-state index in [-0.39, 0.29) is 0 Å². The highest BCUT2D eigenvalue weighted by molar-refractivity contribution is 7.14. The van der Waals surface area contributed by atoms with Crippen LogP contribution in [0.25, 0.3) is 10.6 Å². The third kappa shape index (κ3) is 4.39. The Morgan fingerprint density at radius 2 is 2.00 bits per heavy atom. The number of aromatic nitrogens is 2. The van der Waals surface area contributed by atoms with Crippen LogP contribution in [0, 0.1) is 12.8 Å². The zero-order valence-electron chi connectivity index (χ0n) is 12.5. The lowest BCUT2D eigenvalue weighted by Gasteiger charge is -2.05. The van der Waals surface area contributed by atoms with E-state index < -0.39 is 0 Å². The molecule has 0 amide bonds. The van der Waals surface area contributed by atoms with Crippen molar-refractivity contribution in [3.63, 3.8) is 0 Å². The molecule has 108 valence electrons. The minimum Gasteiger partial charge on any atom is -0.316 e. The van der Waals surface area contributed by atoms with Gasteiger partial charge < -0.3 is 5.32 Å². The Kier molecular flexibility index (Phi) is 5.68. The quantitative estimate of drug-likeness (QED) is 0.790. The van der Waals surface area contributed by atoms with Crippen molar-refractivity contribution in [3.05, 3.63) is 34.8 Å². The second-order valence-electron chi connectivity index (χ2n) is 5.52. The predicted molar refractivity (Wildman–Crippen MR) is 86.1 cm³/mol. The highest BCUT2D eigenvalue weighted by atomic mass is 32.1. The van der Waals surface area contributed by atoms with E-state index >= 15 is 0 Å². The summed E-state index contributed by atoms with van der Waals surface area (Å²) in [5.41, 5.74) is 2.46. The van der Waals surface area contributed by atoms with Gasteiger partial charge in [0.1, 0.15) is 10.0 Å². The molecule has 2 aromatic rings. The van der Waals surface area contributed by atoms with Crippen LogP contribution in [-0.4, -0.2) is 23.3 Å². The molecule has 0 aliphatic heterocycles. The molecule has 0 radical (unpaired) electrons. The molecule has 0 aliphatic rings. The first kappa shape index (κ1) is 15.1. The van der Waals surface area contributed by atoms with E-state index in [0.717, 1.165) is 35.9 Å². The van der Waals surface area contributed by atoms with Gasteiger partial charge in [-0.15, -0.1) is 10.2 Å². The molecule has 20 heavy (non-hydrogen) atoms. The van der Waals surface area contributed by atoms with E-state index in [1.165, 1.54) is 11.1 Å². The molecular weight excluding hydrogens is 266 g/mol. The predicted octanol–water partition coefficient (Wildman–Crippen LogP) is 3.69. The van der Waals surface area contributed by atoms with Gasteiger partial charge in [-0.25, -0.2) is 0 Å². The zero-order valence-corrected chi connectivity index (χ0v) is 13.3. The Balaban J connectivity index is 1.85. The molecule has 1 N–H and O–H groups in total. The smallest absolute Gasteiger partial charge is 0.148 e. The van der Waals surface area contributed by atoms with Crippen LogP contribution in [0.15, 0.2) is 24.3 Å². The largest absolute Gasteiger partial charge is 0.316 e. The van der Waals surface area contributed by atoms with Gasteiger partial charge in [-0.3, -0.25) is 0 Å². The minimum atomic E-state index is 0.712. The average molecular weight is 289 g/mol. The summed E-state index contributed by atoms with van der Waals surface area (Å²) in [6.07, 6.45) is 2.13. The third-order valence-electron chi connectivity index (χ3n) is 3.14. The summed E-state index contributed by atoms with van der Waals surface area (Å²) < 4.78 is 0. The van der Waals surface area contributed by atoms with Gasteiger partial charge in [0.2, 0.25) is 0 Å². The normalized spacial score (nSPS) is 11.2. The maximum atomic E-state index is 4.32. The second-order valence-corrected chi connectivity index (χ2v) is 6.58. The van der Waals surface area contributed by atoms with Crippen LogP contribution in [0.5, 0.6) is 0 Å². The first-order chi connectivity index (χ1) is 9.66. The summed E-state index contributed by atoms with van der Waals surface area (Å²) in [6.45, 7) is 8.71. The summed E-state index contributed by atoms with van der Waals surface area (Å²) in [5.74, 6) is 0.712. The fraction of sp³-hybridized carbons (Fsp3) is 0.500. The standard InChI is InChI=1S/C16H23N3S/c1-12(2)11-17-10-6-9-15-18-19-16(20-15)14-8-5-4-7-13(14)3/h4-5,7-8,12,17H,6,9-11H2,1-3H3. The van der Waals surface area contributed by atoms with E-state index in [0.29, 0.717) is 5.92 Å². The van der Waals surface area contributed by atoms with Crippen LogP contribution in [-0.2, 0) is 6.42 Å². The summed E-state index contributed by atoms with van der Waals surface area (Å²) >= 11 is 1.71. The summed E-state index contributed by atoms with van der Waals surface area (Å²) in [5, 5.41) is 14.3. The summed E-state index contributed by atoms with van der Waals surface area (Å²) in [7, 11) is 0. The molecule has 1 aromatic carbocycles. The molecule has 0 aliphatic carbocycles. The maximum absolute atomic E-state index is 4.32. The lowest BCUT2D eigenvalue weighted by molar-refractivity contribution is 0.542. The highest BCUT2D eigenvalue weighted by Gasteiger charge is 2.08. The van der Waals surface area contributed by atoms with E-state index in [9.17, 15) is 0 Å². The minimum absolute atomic E-state index is 0.712. The van der Waals surface area contributed by atoms with Crippen LogP contribution in [0.1, 0.15) is 30.8 Å². The first-order valence-corrected chi connectivity index (χ1v) is 8.07. The number of hydrogen-bond acceptors (Lipinski definition) is 4. The van der Waals surface area contributed by atoms with Gasteiger partial charge in [-0.05, 0) is 37.9 Å². The van der Waals surface area contributed by atoms with Crippen LogP contribution >= 0.6 is 11.3 Å². The summed E-state index contributed by atoms with van der Waals surface area (Å²) in [4.78, 5) is 0. The number of nitrogens with one attached hydrogen (secondary N) is 1. The number of aryl methyl sites for hydroxylation is 2. The maximum Gasteiger partial charge on any atom is 0.148 e. The molecule has 0 spiro atoms. The number of benzene rings is 1. The zero-order chi connectivity index (χ0) is 14.4. The number of hydrogen-bond donors (Lipinski definition) is 1. The second kappa shape index (κ2) is 7.50. The van der Waals surface area contributed by atoms with E-state index in [2.05, 4.69) is 60.6 Å². The Labute approximate surface area is 125 Å². The average Bonchev–Trinajstić information content (AvgIpc) is 2.87. The van der Waals surface area contributed by atoms with E-state index in [1.807, 2.05) is 0 Å². The van der Waals surface area contributed by atoms with Gasteiger partial charge in [0.15, 0.2) is 0 Å². The molecular formula is C16H23N3S. The van der Waals surface area contributed by atoms with Crippen molar-refractivity contribution >= 4 is 11.3 Å². The highest BCUT2D eigenvalue weighted by Crippen LogP contribution is 2.26. The lowest BCUT2D eigenvalue weighted by atomic mass is 10.1. The van der Waals surface area contributed by atoms with Crippen molar-refractivity contribution in [1.82, 2.24) is 15.5 Å². The fourth-order valence-electron chi connectivity index (χ4n) is 2.03. The van der Waals surface area contributed by atoms with Crippen LogP contribution in [0.2, 0.25) is 0 Å². The van der Waals surface area contributed by atoms with Gasteiger partial charge in [-0.1, -0.05) is 49.4 Å². The fourth-order valence-corrected chi connectivity index (χ4v) is 3.00. The van der Waals surface area contributed by atoms with Gasteiger partial charge >= 0.3 is 0 Å². The topological polar surface area (TPSA) is 37.8 Å². The van der Waals surface area contributed by atoms with E-state index in [1.54, 1.807) is 11.3 Å². The Morgan fingerprint density at radius 1 is 1.20 bits per heavy atom. The van der Waals surface area contributed by atoms with Gasteiger partial charge in [0.25, 0.3) is 0 Å². The third-order valence-corrected chi connectivity index (χ3v) is 4.16. The molecule has 0 bridgehead atoms. The van der Waals surface area contributed by atoms with Crippen molar-refractivity contribution in [2.45, 2.75) is 33.6 Å². The Hall–Kier alpha value is -1.26. The van der Waals surface area contributed by atoms with Gasteiger partial charge in [0.05, 0.1) is 0 Å². The number of rotatable bonds is 7. The van der Waals surface area contributed by atoms with Gasteiger partial charge in [-0.2, -0.15) is 0 Å². The first-order valence-electron chi connectivity index (χ1n) is 7.26. The van der Waals surface area contributed by atoms with Gasteiger partial charge in [0, 0.05) is 12.0 Å². The monoisotopic (exact) mass is 289 g/mol. The molecule has 4 heteroatoms. The van der Waals surface area contributed by atoms with Crippen LogP contribution in [0.4, 0.5) is 0 Å². The van der Waals surface area contributed by atoms with Crippen LogP contribution in [0.3, 0.4) is 0 Å². The Bertz CT molecular complexity index is 534. The van der Waals surface area contributed by atoms with Crippen molar-refractivity contribution in [2.24, 2.45) is 5.92 Å². The Morgan fingerprint density at radius 3 is 2.75 bits per heavy atom. The van der Waals surface area contributed by atoms with Crippen molar-refractivity contribution < 1.29 is 0 Å². The van der Waals surface area contributed by atoms with Crippen molar-refractivity contribution in [2.75, 3.05) is 13.1 Å². The summed E-state index contributed by atoms with van der Waals surface area (Å²) in [6, 6.07) is 8.34. The van der Waals surface area contributed by atoms with Crippen LogP contribution < -0.4 is 5.32 Å². The molecule has 0 atom stereocenters. The molecule has 0 saturated carbocycles. The molecule has 3 nitrogen and oxygen atoms in total. The lowest BCUT2D eigenvalue weighted by Crippen LogP contribution is -2.21. The molecule has 0 unspecified atom stereocenters. The molecule has 2 rings (SSSR count). The molecule has 0 saturated heterocycles. The molecule has 1 heterocycles. The van der Waals surface area contributed by atoms with Crippen molar-refractivity contribution in [3.8, 4) is 10.6 Å². The van der Waals surface area contributed by atoms with Crippen molar-refractivity contribution in [1.29, 1.82) is 0 Å². The van der Waals surface area contributed by atoms with E-state index in [4.69, 9.17) is 0 Å². The SMILES string of the molecule is Cc1ccccc1-c1nnc(CCCNCC(C)C)s1. The number of nitrogens with zero attached hydrogens (tertiary/aromatic N) is 2. The molecule has 0 fully saturated rings. The molecule has 1 aromatic heterocycles.